The van der Waals surface area contributed by atoms with E-state index in [9.17, 15) is 4.79 Å². The van der Waals surface area contributed by atoms with Crippen LogP contribution in [0.1, 0.15) is 25.3 Å². The van der Waals surface area contributed by atoms with Crippen molar-refractivity contribution < 1.29 is 9.90 Å². The fraction of sp³-hybridized carbons (Fsp3) is 0.294. The standard InChI is InChI=1S/C17H19NO2S/c1-12(6-9-16(19)21)17(20)18-11-13-7-8-14-4-2-3-5-15(14)10-13/h2-5,7-8,10,12H,6,9,11H2,1H3,(H,18,20)(H,19,21). The number of hydrogen-bond acceptors (Lipinski definition) is 2. The van der Waals surface area contributed by atoms with Crippen LogP contribution < -0.4 is 5.32 Å². The van der Waals surface area contributed by atoms with Crippen molar-refractivity contribution in [1.82, 2.24) is 5.32 Å². The van der Waals surface area contributed by atoms with Gasteiger partial charge in [-0.05, 0) is 41.0 Å². The first kappa shape index (κ1) is 15.4. The second-order valence-corrected chi connectivity index (χ2v) is 5.70. The average Bonchev–Trinajstić information content (AvgIpc) is 2.49. The van der Waals surface area contributed by atoms with E-state index in [4.69, 9.17) is 5.11 Å². The van der Waals surface area contributed by atoms with Gasteiger partial charge in [0.2, 0.25) is 5.91 Å². The zero-order valence-electron chi connectivity index (χ0n) is 12.0. The third kappa shape index (κ3) is 4.53. The van der Waals surface area contributed by atoms with Gasteiger partial charge in [0, 0.05) is 18.9 Å². The van der Waals surface area contributed by atoms with Gasteiger partial charge in [-0.1, -0.05) is 43.3 Å². The lowest BCUT2D eigenvalue weighted by Gasteiger charge is -2.12. The van der Waals surface area contributed by atoms with Gasteiger partial charge in [-0.25, -0.2) is 0 Å². The Morgan fingerprint density at radius 3 is 2.67 bits per heavy atom. The molecule has 0 aliphatic heterocycles. The van der Waals surface area contributed by atoms with Crippen molar-refractivity contribution >= 4 is 33.9 Å². The summed E-state index contributed by atoms with van der Waals surface area (Å²) in [5, 5.41) is 14.2. The number of thiocarbonyl (C=S) groups is 1. The molecule has 0 aliphatic carbocycles. The van der Waals surface area contributed by atoms with E-state index < -0.39 is 0 Å². The molecule has 0 aliphatic rings. The number of nitrogens with one attached hydrogen (secondary N) is 1. The number of fused-ring (bicyclic) bond motifs is 1. The second kappa shape index (κ2) is 7.18. The van der Waals surface area contributed by atoms with Gasteiger partial charge in [-0.2, -0.15) is 0 Å². The Hall–Kier alpha value is -1.94. The molecule has 0 radical (unpaired) electrons. The van der Waals surface area contributed by atoms with Crippen LogP contribution >= 0.6 is 12.2 Å². The molecule has 21 heavy (non-hydrogen) atoms. The Morgan fingerprint density at radius 2 is 1.95 bits per heavy atom. The summed E-state index contributed by atoms with van der Waals surface area (Å²) in [6, 6.07) is 14.3. The van der Waals surface area contributed by atoms with E-state index in [1.807, 2.05) is 25.1 Å². The fourth-order valence-electron chi connectivity index (χ4n) is 2.18. The molecule has 1 unspecified atom stereocenters. The quantitative estimate of drug-likeness (QED) is 0.799. The minimum atomic E-state index is -0.157. The molecule has 0 bridgehead atoms. The lowest BCUT2D eigenvalue weighted by atomic mass is 10.0. The van der Waals surface area contributed by atoms with Crippen LogP contribution in [0.4, 0.5) is 0 Å². The van der Waals surface area contributed by atoms with Crippen LogP contribution in [-0.4, -0.2) is 16.1 Å². The maximum atomic E-state index is 12.0. The highest BCUT2D eigenvalue weighted by Gasteiger charge is 2.12. The molecule has 2 aromatic carbocycles. The predicted molar refractivity (Wildman–Crippen MR) is 89.4 cm³/mol. The van der Waals surface area contributed by atoms with Crippen molar-refractivity contribution in [3.05, 3.63) is 48.0 Å². The van der Waals surface area contributed by atoms with E-state index in [1.165, 1.54) is 10.8 Å². The molecular formula is C17H19NO2S. The first-order chi connectivity index (χ1) is 10.1. The van der Waals surface area contributed by atoms with Crippen LogP contribution in [0.2, 0.25) is 0 Å². The molecule has 1 atom stereocenters. The second-order valence-electron chi connectivity index (χ2n) is 5.23. The van der Waals surface area contributed by atoms with Crippen LogP contribution in [0.3, 0.4) is 0 Å². The topological polar surface area (TPSA) is 49.3 Å². The molecule has 0 heterocycles. The Balaban J connectivity index is 1.91. The van der Waals surface area contributed by atoms with Gasteiger partial charge in [0.05, 0.1) is 0 Å². The van der Waals surface area contributed by atoms with Gasteiger partial charge in [0.1, 0.15) is 0 Å². The third-order valence-corrected chi connectivity index (χ3v) is 3.72. The zero-order valence-corrected chi connectivity index (χ0v) is 12.8. The summed E-state index contributed by atoms with van der Waals surface area (Å²) in [5.74, 6) is -0.171. The summed E-state index contributed by atoms with van der Waals surface area (Å²) < 4.78 is 0. The van der Waals surface area contributed by atoms with Gasteiger partial charge in [-0.15, -0.1) is 0 Å². The normalized spacial score (nSPS) is 12.0. The Kier molecular flexibility index (Phi) is 5.28. The van der Waals surface area contributed by atoms with E-state index in [0.717, 1.165) is 5.56 Å². The highest BCUT2D eigenvalue weighted by atomic mass is 32.1. The number of rotatable bonds is 6. The molecule has 2 aromatic rings. The van der Waals surface area contributed by atoms with E-state index >= 15 is 0 Å². The SMILES string of the molecule is CC(CCC(O)=S)C(=O)NCc1ccc2ccccc2c1. The maximum absolute atomic E-state index is 12.0. The van der Waals surface area contributed by atoms with Gasteiger partial charge in [-0.3, -0.25) is 4.79 Å². The number of aliphatic hydroxyl groups is 1. The highest BCUT2D eigenvalue weighted by Crippen LogP contribution is 2.15. The van der Waals surface area contributed by atoms with E-state index in [-0.39, 0.29) is 16.9 Å². The first-order valence-corrected chi connectivity index (χ1v) is 7.44. The Morgan fingerprint density at radius 1 is 1.24 bits per heavy atom. The van der Waals surface area contributed by atoms with Gasteiger partial charge < -0.3 is 10.4 Å². The van der Waals surface area contributed by atoms with Crippen molar-refractivity contribution in [2.75, 3.05) is 0 Å². The van der Waals surface area contributed by atoms with Crippen LogP contribution in [0.15, 0.2) is 42.5 Å². The number of benzene rings is 2. The molecule has 0 saturated carbocycles. The van der Waals surface area contributed by atoms with Crippen LogP contribution in [0.5, 0.6) is 0 Å². The Labute approximate surface area is 130 Å². The molecule has 1 amide bonds. The molecule has 110 valence electrons. The molecule has 2 N–H and O–H groups in total. The van der Waals surface area contributed by atoms with Gasteiger partial charge >= 0.3 is 0 Å². The number of carbonyl (C=O) groups excluding carboxylic acids is 1. The molecule has 0 saturated heterocycles. The summed E-state index contributed by atoms with van der Waals surface area (Å²) in [6.45, 7) is 2.35. The van der Waals surface area contributed by atoms with E-state index in [2.05, 4.69) is 41.8 Å². The molecule has 0 aromatic heterocycles. The third-order valence-electron chi connectivity index (χ3n) is 3.52. The van der Waals surface area contributed by atoms with Gasteiger partial charge in [0.15, 0.2) is 5.05 Å². The summed E-state index contributed by atoms with van der Waals surface area (Å²) in [7, 11) is 0. The minimum Gasteiger partial charge on any atom is -0.502 e. The maximum Gasteiger partial charge on any atom is 0.223 e. The van der Waals surface area contributed by atoms with Crippen molar-refractivity contribution in [2.45, 2.75) is 26.3 Å². The predicted octanol–water partition coefficient (Wildman–Crippen LogP) is 3.76. The smallest absolute Gasteiger partial charge is 0.223 e. The zero-order chi connectivity index (χ0) is 15.2. The summed E-state index contributed by atoms with van der Waals surface area (Å²) >= 11 is 4.61. The number of aliphatic hydroxyl groups excluding tert-OH is 1. The molecule has 3 nitrogen and oxygen atoms in total. The van der Waals surface area contributed by atoms with Crippen LogP contribution in [-0.2, 0) is 11.3 Å². The highest BCUT2D eigenvalue weighted by molar-refractivity contribution is 7.80. The molecular weight excluding hydrogens is 282 g/mol. The van der Waals surface area contributed by atoms with Crippen molar-refractivity contribution in [2.24, 2.45) is 5.92 Å². The van der Waals surface area contributed by atoms with Crippen molar-refractivity contribution in [3.63, 3.8) is 0 Å². The number of carbonyl (C=O) groups is 1. The van der Waals surface area contributed by atoms with Gasteiger partial charge in [0.25, 0.3) is 0 Å². The monoisotopic (exact) mass is 301 g/mol. The van der Waals surface area contributed by atoms with Crippen LogP contribution in [0.25, 0.3) is 10.8 Å². The van der Waals surface area contributed by atoms with E-state index in [0.29, 0.717) is 19.4 Å². The largest absolute Gasteiger partial charge is 0.502 e. The summed E-state index contributed by atoms with van der Waals surface area (Å²) in [4.78, 5) is 12.0. The van der Waals surface area contributed by atoms with Crippen molar-refractivity contribution in [3.8, 4) is 0 Å². The first-order valence-electron chi connectivity index (χ1n) is 7.03. The molecule has 4 heteroatoms. The van der Waals surface area contributed by atoms with E-state index in [1.54, 1.807) is 0 Å². The minimum absolute atomic E-state index is 0.0144. The lowest BCUT2D eigenvalue weighted by Crippen LogP contribution is -2.29. The summed E-state index contributed by atoms with van der Waals surface area (Å²) in [6.07, 6.45) is 0.957. The Bertz CT molecular complexity index is 654. The van der Waals surface area contributed by atoms with Crippen LogP contribution in [0, 0.1) is 5.92 Å². The molecule has 0 fully saturated rings. The number of hydrogen-bond donors (Lipinski definition) is 2. The summed E-state index contributed by atoms with van der Waals surface area (Å²) in [5.41, 5.74) is 1.08. The number of amides is 1. The lowest BCUT2D eigenvalue weighted by molar-refractivity contribution is -0.124. The fourth-order valence-corrected chi connectivity index (χ4v) is 2.30. The average molecular weight is 301 g/mol. The molecule has 2 rings (SSSR count). The molecule has 0 spiro atoms. The van der Waals surface area contributed by atoms with Crippen molar-refractivity contribution in [1.29, 1.82) is 0 Å².